The third kappa shape index (κ3) is 8.95. The second-order valence-corrected chi connectivity index (χ2v) is 9.75. The minimum absolute atomic E-state index is 0.141. The van der Waals surface area contributed by atoms with Crippen LogP contribution in [-0.4, -0.2) is 49.5 Å². The molecule has 1 rings (SSSR count). The summed E-state index contributed by atoms with van der Waals surface area (Å²) >= 11 is 8.41. The second-order valence-electron chi connectivity index (χ2n) is 7.05. The highest BCUT2D eigenvalue weighted by Crippen LogP contribution is 2.35. The Balaban J connectivity index is 2.99. The van der Waals surface area contributed by atoms with Crippen molar-refractivity contribution in [3.63, 3.8) is 0 Å². The fourth-order valence-electron chi connectivity index (χ4n) is 2.70. The van der Waals surface area contributed by atoms with Crippen molar-refractivity contribution in [1.82, 2.24) is 10.6 Å². The highest BCUT2D eigenvalue weighted by Gasteiger charge is 2.28. The number of ether oxygens (including phenoxy) is 2. The van der Waals surface area contributed by atoms with Crippen LogP contribution in [0.2, 0.25) is 0 Å². The second kappa shape index (κ2) is 14.1. The summed E-state index contributed by atoms with van der Waals surface area (Å²) in [5, 5.41) is 5.25. The third-order valence-corrected chi connectivity index (χ3v) is 5.90. The molecule has 10 heteroatoms. The molecule has 1 aromatic carbocycles. The van der Waals surface area contributed by atoms with E-state index in [1.807, 2.05) is 20.1 Å². The van der Waals surface area contributed by atoms with Gasteiger partial charge in [-0.05, 0) is 80.3 Å². The molecule has 168 valence electrons. The summed E-state index contributed by atoms with van der Waals surface area (Å²) in [5.74, 6) is 0.182. The van der Waals surface area contributed by atoms with Gasteiger partial charge in [0.05, 0.1) is 15.6 Å². The van der Waals surface area contributed by atoms with Crippen molar-refractivity contribution in [3.05, 3.63) is 26.6 Å². The molecule has 0 aliphatic carbocycles. The number of carbonyl (C=O) groups excluding carboxylic acids is 3. The van der Waals surface area contributed by atoms with E-state index in [-0.39, 0.29) is 5.92 Å². The summed E-state index contributed by atoms with van der Waals surface area (Å²) in [6.45, 7) is 4.32. The number of amides is 2. The molecule has 0 aliphatic rings. The van der Waals surface area contributed by atoms with Crippen LogP contribution in [0.1, 0.15) is 32.3 Å². The lowest BCUT2D eigenvalue weighted by molar-refractivity contribution is -0.140. The molecule has 0 spiro atoms. The van der Waals surface area contributed by atoms with Crippen molar-refractivity contribution >= 4 is 61.9 Å². The molecule has 2 atom stereocenters. The molecule has 0 aliphatic heterocycles. The van der Waals surface area contributed by atoms with E-state index in [1.165, 1.54) is 0 Å². The van der Waals surface area contributed by atoms with Gasteiger partial charge in [-0.15, -0.1) is 0 Å². The summed E-state index contributed by atoms with van der Waals surface area (Å²) in [7, 11) is 1.60. The van der Waals surface area contributed by atoms with Crippen molar-refractivity contribution in [2.45, 2.75) is 45.4 Å². The molecular weight excluding hydrogens is 540 g/mol. The number of carbonyl (C=O) groups is 3. The van der Waals surface area contributed by atoms with Crippen LogP contribution in [0.4, 0.5) is 0 Å². The number of thioether (sulfide) groups is 1. The van der Waals surface area contributed by atoms with E-state index in [0.717, 1.165) is 5.56 Å². The number of hydrogen-bond donors (Lipinski definition) is 2. The number of rotatable bonds is 13. The Hall–Kier alpha value is -1.10. The van der Waals surface area contributed by atoms with Gasteiger partial charge in [0.25, 0.3) is 0 Å². The number of halogens is 2. The maximum absolute atomic E-state index is 12.9. The molecular formula is C20H28Br2N2O5S. The smallest absolute Gasteiger partial charge is 0.334 e. The Morgan fingerprint density at radius 3 is 2.33 bits per heavy atom. The van der Waals surface area contributed by atoms with Gasteiger partial charge in [0.2, 0.25) is 12.3 Å². The molecule has 0 radical (unpaired) electrons. The zero-order valence-corrected chi connectivity index (χ0v) is 21.5. The van der Waals surface area contributed by atoms with Crippen LogP contribution in [0.3, 0.4) is 0 Å². The monoisotopic (exact) mass is 566 g/mol. The summed E-state index contributed by atoms with van der Waals surface area (Å²) < 4.78 is 11.9. The summed E-state index contributed by atoms with van der Waals surface area (Å²) in [5.41, 5.74) is 0.902. The standard InChI is InChI=1S/C20H28Br2N2O5S/c1-12(2)7-17(24-19(26)16(23-11-25)5-6-30-4)20(27)29-18-14(21)8-13(10-28-3)9-15(18)22/h8-9,11-12,16-17H,5-7,10H2,1-4H3,(H,23,25)(H,24,26). The molecule has 1 aromatic rings. The van der Waals surface area contributed by atoms with Gasteiger partial charge < -0.3 is 20.1 Å². The minimum Gasteiger partial charge on any atom is -0.423 e. The largest absolute Gasteiger partial charge is 0.423 e. The van der Waals surface area contributed by atoms with Gasteiger partial charge in [-0.3, -0.25) is 9.59 Å². The van der Waals surface area contributed by atoms with Gasteiger partial charge in [-0.25, -0.2) is 4.79 Å². The van der Waals surface area contributed by atoms with E-state index in [2.05, 4.69) is 42.5 Å². The van der Waals surface area contributed by atoms with E-state index >= 15 is 0 Å². The van der Waals surface area contributed by atoms with Crippen molar-refractivity contribution in [3.8, 4) is 5.75 Å². The van der Waals surface area contributed by atoms with E-state index in [9.17, 15) is 14.4 Å². The molecule has 7 nitrogen and oxygen atoms in total. The first-order valence-electron chi connectivity index (χ1n) is 9.41. The SMILES string of the molecule is COCc1cc(Br)c(OC(=O)C(CC(C)C)NC(=O)C(CCSC)NC=O)c(Br)c1. The number of benzene rings is 1. The van der Waals surface area contributed by atoms with E-state index < -0.39 is 24.0 Å². The first-order chi connectivity index (χ1) is 14.2. The van der Waals surface area contributed by atoms with E-state index in [4.69, 9.17) is 9.47 Å². The normalized spacial score (nSPS) is 12.9. The van der Waals surface area contributed by atoms with Gasteiger partial charge >= 0.3 is 5.97 Å². The molecule has 0 heterocycles. The van der Waals surface area contributed by atoms with Crippen LogP contribution in [0.5, 0.6) is 5.75 Å². The molecule has 2 unspecified atom stereocenters. The Morgan fingerprint density at radius 2 is 1.83 bits per heavy atom. The van der Waals surface area contributed by atoms with Gasteiger partial charge in [0.1, 0.15) is 12.1 Å². The Kier molecular flexibility index (Phi) is 12.6. The van der Waals surface area contributed by atoms with Crippen molar-refractivity contribution in [1.29, 1.82) is 0 Å². The zero-order chi connectivity index (χ0) is 22.7. The maximum Gasteiger partial charge on any atom is 0.334 e. The first kappa shape index (κ1) is 26.9. The fourth-order valence-corrected chi connectivity index (χ4v) is 4.61. The van der Waals surface area contributed by atoms with Crippen LogP contribution >= 0.6 is 43.6 Å². The number of methoxy groups -OCH3 is 1. The average Bonchev–Trinajstić information content (AvgIpc) is 2.67. The Morgan fingerprint density at radius 1 is 1.20 bits per heavy atom. The highest BCUT2D eigenvalue weighted by molar-refractivity contribution is 9.11. The third-order valence-electron chi connectivity index (χ3n) is 4.08. The quantitative estimate of drug-likeness (QED) is 0.215. The minimum atomic E-state index is -0.847. The van der Waals surface area contributed by atoms with Gasteiger partial charge in [-0.2, -0.15) is 11.8 Å². The first-order valence-corrected chi connectivity index (χ1v) is 12.4. The highest BCUT2D eigenvalue weighted by atomic mass is 79.9. The molecule has 0 saturated heterocycles. The van der Waals surface area contributed by atoms with Crippen LogP contribution in [0.25, 0.3) is 0 Å². The molecule has 0 bridgehead atoms. The summed E-state index contributed by atoms with van der Waals surface area (Å²) in [4.78, 5) is 36.4. The summed E-state index contributed by atoms with van der Waals surface area (Å²) in [6.07, 6.45) is 3.28. The van der Waals surface area contributed by atoms with E-state index in [1.54, 1.807) is 31.0 Å². The van der Waals surface area contributed by atoms with Crippen LogP contribution in [0.15, 0.2) is 21.1 Å². The lowest BCUT2D eigenvalue weighted by Crippen LogP contribution is -2.51. The van der Waals surface area contributed by atoms with Gasteiger partial charge in [0, 0.05) is 7.11 Å². The average molecular weight is 568 g/mol. The summed E-state index contributed by atoms with van der Waals surface area (Å²) in [6, 6.07) is 2.06. The molecule has 0 saturated carbocycles. The Bertz CT molecular complexity index is 710. The molecule has 0 fully saturated rings. The topological polar surface area (TPSA) is 93.7 Å². The van der Waals surface area contributed by atoms with Crippen molar-refractivity contribution in [2.24, 2.45) is 5.92 Å². The van der Waals surface area contributed by atoms with Gasteiger partial charge in [-0.1, -0.05) is 13.8 Å². The maximum atomic E-state index is 12.9. The Labute approximate surface area is 198 Å². The van der Waals surface area contributed by atoms with Crippen molar-refractivity contribution < 1.29 is 23.9 Å². The lowest BCUT2D eigenvalue weighted by atomic mass is 10.0. The van der Waals surface area contributed by atoms with Gasteiger partial charge in [0.15, 0.2) is 5.75 Å². The molecule has 2 N–H and O–H groups in total. The lowest BCUT2D eigenvalue weighted by Gasteiger charge is -2.23. The van der Waals surface area contributed by atoms with Crippen LogP contribution in [0, 0.1) is 5.92 Å². The van der Waals surface area contributed by atoms with E-state index in [0.29, 0.717) is 46.3 Å². The number of esters is 1. The molecule has 0 aromatic heterocycles. The zero-order valence-electron chi connectivity index (χ0n) is 17.5. The van der Waals surface area contributed by atoms with Crippen molar-refractivity contribution in [2.75, 3.05) is 19.1 Å². The molecule has 30 heavy (non-hydrogen) atoms. The number of hydrogen-bond acceptors (Lipinski definition) is 6. The fraction of sp³-hybridized carbons (Fsp3) is 0.550. The predicted molar refractivity (Wildman–Crippen MR) is 126 cm³/mol. The van der Waals surface area contributed by atoms with Crippen LogP contribution in [-0.2, 0) is 25.7 Å². The van der Waals surface area contributed by atoms with Crippen LogP contribution < -0.4 is 15.4 Å². The molecule has 2 amide bonds. The predicted octanol–water partition coefficient (Wildman–Crippen LogP) is 3.66. The number of nitrogens with one attached hydrogen (secondary N) is 2.